The number of carbonyl (C=O) groups is 1. The molecule has 0 amide bonds. The number of rotatable bonds is 9. The number of hydrogen-bond donors (Lipinski definition) is 1. The van der Waals surface area contributed by atoms with Crippen molar-refractivity contribution >= 4 is 22.7 Å². The number of imidazole rings is 1. The summed E-state index contributed by atoms with van der Waals surface area (Å²) >= 11 is 0. The summed E-state index contributed by atoms with van der Waals surface area (Å²) in [6.45, 7) is 7.50. The minimum atomic E-state index is -4.75. The second-order valence-electron chi connectivity index (χ2n) is 13.7. The second-order valence-corrected chi connectivity index (χ2v) is 13.7. The SMILES string of the molecule is CC(C)(C)c1ccc(N(Cc2ccc(OC(F)(F)F)cc2)Cc2cccc(-c3nc4cc(C(=O)O)ccc4n3C3CCCCC3)c2)cc1. The zero-order valence-corrected chi connectivity index (χ0v) is 27.4. The minimum absolute atomic E-state index is 0.0129. The van der Waals surface area contributed by atoms with E-state index in [9.17, 15) is 23.1 Å². The predicted molar refractivity (Wildman–Crippen MR) is 182 cm³/mol. The molecule has 250 valence electrons. The third-order valence-electron chi connectivity index (χ3n) is 9.06. The molecule has 0 aliphatic heterocycles. The number of carboxylic acids is 1. The summed E-state index contributed by atoms with van der Waals surface area (Å²) in [7, 11) is 0. The van der Waals surface area contributed by atoms with Gasteiger partial charge in [0.05, 0.1) is 16.6 Å². The van der Waals surface area contributed by atoms with Crippen LogP contribution in [0.5, 0.6) is 5.75 Å². The minimum Gasteiger partial charge on any atom is -0.478 e. The number of aromatic nitrogens is 2. The van der Waals surface area contributed by atoms with E-state index in [2.05, 4.69) is 71.4 Å². The Labute approximate surface area is 278 Å². The van der Waals surface area contributed by atoms with Crippen molar-refractivity contribution in [2.45, 2.75) is 83.8 Å². The van der Waals surface area contributed by atoms with E-state index in [1.807, 2.05) is 18.2 Å². The molecule has 1 heterocycles. The molecule has 1 aliphatic rings. The monoisotopic (exact) mass is 655 g/mol. The maximum absolute atomic E-state index is 12.8. The Kier molecular flexibility index (Phi) is 9.23. The van der Waals surface area contributed by atoms with Gasteiger partial charge in [0.1, 0.15) is 11.6 Å². The molecule has 4 aromatic carbocycles. The average molecular weight is 656 g/mol. The topological polar surface area (TPSA) is 67.6 Å². The van der Waals surface area contributed by atoms with E-state index in [1.165, 1.54) is 24.1 Å². The molecule has 0 radical (unpaired) electrons. The van der Waals surface area contributed by atoms with E-state index >= 15 is 0 Å². The first-order chi connectivity index (χ1) is 22.8. The molecule has 0 unspecified atom stereocenters. The fourth-order valence-electron chi connectivity index (χ4n) is 6.60. The van der Waals surface area contributed by atoms with Crippen LogP contribution in [0.25, 0.3) is 22.4 Å². The van der Waals surface area contributed by atoms with Crippen LogP contribution in [0.4, 0.5) is 18.9 Å². The second kappa shape index (κ2) is 13.4. The van der Waals surface area contributed by atoms with Crippen LogP contribution in [0.1, 0.15) is 86.0 Å². The van der Waals surface area contributed by atoms with Gasteiger partial charge in [0, 0.05) is 30.4 Å². The van der Waals surface area contributed by atoms with Crippen LogP contribution in [0.15, 0.2) is 91.0 Å². The number of alkyl halides is 3. The highest BCUT2D eigenvalue weighted by Gasteiger charge is 2.31. The lowest BCUT2D eigenvalue weighted by Crippen LogP contribution is -2.22. The van der Waals surface area contributed by atoms with Crippen molar-refractivity contribution in [3.8, 4) is 17.1 Å². The van der Waals surface area contributed by atoms with Crippen molar-refractivity contribution in [2.24, 2.45) is 0 Å². The normalized spacial score (nSPS) is 14.3. The van der Waals surface area contributed by atoms with Crippen molar-refractivity contribution < 1.29 is 27.8 Å². The number of benzene rings is 4. The number of aromatic carboxylic acids is 1. The quantitative estimate of drug-likeness (QED) is 0.171. The van der Waals surface area contributed by atoms with Gasteiger partial charge in [-0.2, -0.15) is 0 Å². The van der Waals surface area contributed by atoms with Crippen molar-refractivity contribution in [1.82, 2.24) is 9.55 Å². The molecule has 1 fully saturated rings. The summed E-state index contributed by atoms with van der Waals surface area (Å²) in [4.78, 5) is 19.0. The largest absolute Gasteiger partial charge is 0.573 e. The van der Waals surface area contributed by atoms with Gasteiger partial charge >= 0.3 is 12.3 Å². The molecular weight excluding hydrogens is 615 g/mol. The molecular formula is C39H40F3N3O3. The summed E-state index contributed by atoms with van der Waals surface area (Å²) in [6, 6.07) is 28.1. The molecule has 1 N–H and O–H groups in total. The molecule has 0 saturated heterocycles. The van der Waals surface area contributed by atoms with Crippen molar-refractivity contribution in [3.05, 3.63) is 113 Å². The standard InChI is InChI=1S/C39H40F3N3O3/c1-38(2,3)30-15-17-31(18-16-30)44(24-26-12-19-33(20-13-26)48-39(40,41)42)25-27-8-7-9-28(22-27)36-43-34-23-29(37(46)47)14-21-35(34)45(36)32-10-5-4-6-11-32/h7-9,12-23,32H,4-6,10-11,24-25H2,1-3H3,(H,46,47). The molecule has 6 nitrogen and oxygen atoms in total. The van der Waals surface area contributed by atoms with Gasteiger partial charge in [0.2, 0.25) is 0 Å². The van der Waals surface area contributed by atoms with Crippen LogP contribution < -0.4 is 9.64 Å². The Morgan fingerprint density at radius 1 is 0.875 bits per heavy atom. The molecule has 0 spiro atoms. The van der Waals surface area contributed by atoms with E-state index < -0.39 is 12.3 Å². The van der Waals surface area contributed by atoms with Gasteiger partial charge < -0.3 is 19.3 Å². The molecule has 6 rings (SSSR count). The Morgan fingerprint density at radius 3 is 2.21 bits per heavy atom. The molecule has 1 aromatic heterocycles. The molecule has 1 saturated carbocycles. The third kappa shape index (κ3) is 7.67. The van der Waals surface area contributed by atoms with E-state index in [0.29, 0.717) is 18.6 Å². The van der Waals surface area contributed by atoms with Gasteiger partial charge in [0.15, 0.2) is 0 Å². The van der Waals surface area contributed by atoms with Gasteiger partial charge in [-0.1, -0.05) is 82.5 Å². The Hall–Kier alpha value is -4.79. The van der Waals surface area contributed by atoms with Crippen LogP contribution in [0.2, 0.25) is 0 Å². The molecule has 5 aromatic rings. The van der Waals surface area contributed by atoms with Crippen molar-refractivity contribution in [2.75, 3.05) is 4.90 Å². The van der Waals surface area contributed by atoms with Crippen molar-refractivity contribution in [1.29, 1.82) is 0 Å². The lowest BCUT2D eigenvalue weighted by molar-refractivity contribution is -0.274. The molecule has 0 bridgehead atoms. The Balaban J connectivity index is 1.35. The lowest BCUT2D eigenvalue weighted by Gasteiger charge is -2.27. The van der Waals surface area contributed by atoms with Crippen LogP contribution >= 0.6 is 0 Å². The number of anilines is 1. The van der Waals surface area contributed by atoms with E-state index in [4.69, 9.17) is 4.98 Å². The summed E-state index contributed by atoms with van der Waals surface area (Å²) in [5, 5.41) is 9.63. The summed E-state index contributed by atoms with van der Waals surface area (Å²) in [6.07, 6.45) is 0.839. The maximum Gasteiger partial charge on any atom is 0.573 e. The van der Waals surface area contributed by atoms with E-state index in [0.717, 1.165) is 59.4 Å². The van der Waals surface area contributed by atoms with Gasteiger partial charge in [-0.3, -0.25) is 0 Å². The maximum atomic E-state index is 12.8. The van der Waals surface area contributed by atoms with Gasteiger partial charge in [-0.05, 0) is 83.5 Å². The third-order valence-corrected chi connectivity index (χ3v) is 9.06. The summed E-state index contributed by atoms with van der Waals surface area (Å²) in [5.74, 6) is -0.412. The number of nitrogens with zero attached hydrogens (tertiary/aromatic N) is 3. The molecule has 1 aliphatic carbocycles. The Morgan fingerprint density at radius 2 is 1.56 bits per heavy atom. The lowest BCUT2D eigenvalue weighted by atomic mass is 9.87. The molecule has 9 heteroatoms. The van der Waals surface area contributed by atoms with Gasteiger partial charge in [-0.15, -0.1) is 13.2 Å². The number of hydrogen-bond acceptors (Lipinski definition) is 4. The van der Waals surface area contributed by atoms with Crippen LogP contribution in [0, 0.1) is 0 Å². The smallest absolute Gasteiger partial charge is 0.478 e. The highest BCUT2D eigenvalue weighted by molar-refractivity contribution is 5.93. The van der Waals surface area contributed by atoms with Crippen LogP contribution in [0.3, 0.4) is 0 Å². The fourth-order valence-corrected chi connectivity index (χ4v) is 6.60. The highest BCUT2D eigenvalue weighted by Crippen LogP contribution is 2.37. The number of carboxylic acid groups (broad SMARTS) is 1. The highest BCUT2D eigenvalue weighted by atomic mass is 19.4. The first-order valence-corrected chi connectivity index (χ1v) is 16.4. The number of ether oxygens (including phenoxy) is 1. The van der Waals surface area contributed by atoms with E-state index in [1.54, 1.807) is 24.3 Å². The number of fused-ring (bicyclic) bond motifs is 1. The summed E-state index contributed by atoms with van der Waals surface area (Å²) < 4.78 is 44.7. The fraction of sp³-hybridized carbons (Fsp3) is 0.333. The van der Waals surface area contributed by atoms with Crippen molar-refractivity contribution in [3.63, 3.8) is 0 Å². The van der Waals surface area contributed by atoms with Gasteiger partial charge in [0.25, 0.3) is 0 Å². The van der Waals surface area contributed by atoms with Crippen LogP contribution in [-0.2, 0) is 18.5 Å². The van der Waals surface area contributed by atoms with Crippen LogP contribution in [-0.4, -0.2) is 27.0 Å². The number of halogens is 3. The zero-order valence-electron chi connectivity index (χ0n) is 27.4. The first kappa shape index (κ1) is 33.1. The predicted octanol–water partition coefficient (Wildman–Crippen LogP) is 10.3. The summed E-state index contributed by atoms with van der Waals surface area (Å²) in [5.41, 5.74) is 6.82. The zero-order chi connectivity index (χ0) is 34.1. The van der Waals surface area contributed by atoms with Gasteiger partial charge in [-0.25, -0.2) is 9.78 Å². The first-order valence-electron chi connectivity index (χ1n) is 16.4. The molecule has 48 heavy (non-hydrogen) atoms. The Bertz CT molecular complexity index is 1880. The van der Waals surface area contributed by atoms with E-state index in [-0.39, 0.29) is 22.8 Å². The average Bonchev–Trinajstić information content (AvgIpc) is 3.44. The molecule has 0 atom stereocenters.